The van der Waals surface area contributed by atoms with Gasteiger partial charge in [0.1, 0.15) is 24.4 Å². The third-order valence-corrected chi connectivity index (χ3v) is 3.08. The van der Waals surface area contributed by atoms with Gasteiger partial charge in [-0.1, -0.05) is 0 Å². The Morgan fingerprint density at radius 3 is 2.45 bits per heavy atom. The zero-order valence-electron chi connectivity index (χ0n) is 12.8. The van der Waals surface area contributed by atoms with Crippen LogP contribution in [0.1, 0.15) is 19.8 Å². The quantitative estimate of drug-likeness (QED) is 0.251. The van der Waals surface area contributed by atoms with Gasteiger partial charge in [0, 0.05) is 6.61 Å². The first kappa shape index (κ1) is 22.2. The zero-order valence-corrected chi connectivity index (χ0v) is 14.8. The number of carbonyl (C=O) groups is 1. The predicted octanol–water partition coefficient (Wildman–Crippen LogP) is -6.33. The van der Waals surface area contributed by atoms with Gasteiger partial charge < -0.3 is 45.2 Å². The van der Waals surface area contributed by atoms with E-state index in [2.05, 4.69) is 0 Å². The Labute approximate surface area is 150 Å². The number of aliphatic carboxylic acids is 1. The summed E-state index contributed by atoms with van der Waals surface area (Å²) in [5, 5.41) is 39.8. The van der Waals surface area contributed by atoms with E-state index in [4.69, 9.17) is 19.9 Å². The van der Waals surface area contributed by atoms with Gasteiger partial charge in [-0.2, -0.15) is 0 Å². The SMILES string of the molecule is CCOC(CCCN)O[C@@H]1O[C@H](C(=O)[O-])[C@@H](O)[C@H](O)[C@H]1O.[Na+]. The summed E-state index contributed by atoms with van der Waals surface area (Å²) in [5.74, 6) is -1.71. The fourth-order valence-corrected chi connectivity index (χ4v) is 1.97. The number of aliphatic hydroxyl groups excluding tert-OH is 3. The molecule has 1 rings (SSSR count). The van der Waals surface area contributed by atoms with Gasteiger partial charge in [0.15, 0.2) is 12.6 Å². The number of rotatable bonds is 8. The molecular formula is C12H22NNaO8. The van der Waals surface area contributed by atoms with Crippen LogP contribution in [-0.4, -0.2) is 71.4 Å². The first-order chi connectivity index (χ1) is 9.92. The van der Waals surface area contributed by atoms with E-state index in [9.17, 15) is 25.2 Å². The first-order valence-corrected chi connectivity index (χ1v) is 6.80. The molecule has 22 heavy (non-hydrogen) atoms. The van der Waals surface area contributed by atoms with Crippen molar-refractivity contribution in [2.75, 3.05) is 13.2 Å². The maximum atomic E-state index is 10.9. The minimum absolute atomic E-state index is 0. The number of hydrogen-bond acceptors (Lipinski definition) is 9. The van der Waals surface area contributed by atoms with Crippen LogP contribution in [0.4, 0.5) is 0 Å². The Balaban J connectivity index is 0.00000441. The fraction of sp³-hybridized carbons (Fsp3) is 0.917. The van der Waals surface area contributed by atoms with Crippen molar-refractivity contribution in [3.8, 4) is 0 Å². The monoisotopic (exact) mass is 331 g/mol. The molecule has 0 radical (unpaired) electrons. The van der Waals surface area contributed by atoms with E-state index in [0.29, 0.717) is 26.0 Å². The molecule has 0 bridgehead atoms. The van der Waals surface area contributed by atoms with E-state index < -0.39 is 43.0 Å². The van der Waals surface area contributed by atoms with Crippen molar-refractivity contribution in [1.29, 1.82) is 0 Å². The van der Waals surface area contributed by atoms with Crippen LogP contribution in [0.2, 0.25) is 0 Å². The number of nitrogens with two attached hydrogens (primary N) is 1. The van der Waals surface area contributed by atoms with Gasteiger partial charge in [-0.15, -0.1) is 0 Å². The molecule has 0 aromatic carbocycles. The van der Waals surface area contributed by atoms with Crippen LogP contribution >= 0.6 is 0 Å². The predicted molar refractivity (Wildman–Crippen MR) is 66.5 cm³/mol. The van der Waals surface area contributed by atoms with Gasteiger partial charge in [0.2, 0.25) is 0 Å². The number of carboxylic acids is 1. The molecule has 1 heterocycles. The number of aliphatic hydroxyl groups is 3. The molecule has 1 fully saturated rings. The maximum Gasteiger partial charge on any atom is 1.00 e. The second-order valence-corrected chi connectivity index (χ2v) is 4.67. The molecule has 1 aliphatic rings. The molecule has 1 saturated heterocycles. The van der Waals surface area contributed by atoms with E-state index >= 15 is 0 Å². The van der Waals surface area contributed by atoms with E-state index in [1.807, 2.05) is 0 Å². The summed E-state index contributed by atoms with van der Waals surface area (Å²) in [6, 6.07) is 0. The molecule has 0 spiro atoms. The molecule has 10 heteroatoms. The zero-order chi connectivity index (χ0) is 16.0. The smallest absolute Gasteiger partial charge is 0.547 e. The van der Waals surface area contributed by atoms with Crippen molar-refractivity contribution in [3.05, 3.63) is 0 Å². The van der Waals surface area contributed by atoms with Gasteiger partial charge in [0.25, 0.3) is 0 Å². The number of carbonyl (C=O) groups excluding carboxylic acids is 1. The fourth-order valence-electron chi connectivity index (χ4n) is 1.97. The molecule has 9 nitrogen and oxygen atoms in total. The average Bonchev–Trinajstić information content (AvgIpc) is 2.44. The molecule has 0 aromatic rings. The molecule has 0 amide bonds. The molecule has 0 saturated carbocycles. The second-order valence-electron chi connectivity index (χ2n) is 4.67. The number of ether oxygens (including phenoxy) is 3. The number of carboxylic acid groups (broad SMARTS) is 1. The van der Waals surface area contributed by atoms with E-state index in [0.717, 1.165) is 0 Å². The van der Waals surface area contributed by atoms with Crippen LogP contribution in [0.15, 0.2) is 0 Å². The summed E-state index contributed by atoms with van der Waals surface area (Å²) in [7, 11) is 0. The second kappa shape index (κ2) is 10.9. The Morgan fingerprint density at radius 2 is 1.95 bits per heavy atom. The van der Waals surface area contributed by atoms with Crippen molar-refractivity contribution >= 4 is 5.97 Å². The molecule has 124 valence electrons. The minimum Gasteiger partial charge on any atom is -0.547 e. The molecule has 1 unspecified atom stereocenters. The van der Waals surface area contributed by atoms with Crippen LogP contribution in [0, 0.1) is 0 Å². The van der Waals surface area contributed by atoms with Crippen LogP contribution in [-0.2, 0) is 19.0 Å². The van der Waals surface area contributed by atoms with Gasteiger partial charge in [0.05, 0.1) is 5.97 Å². The van der Waals surface area contributed by atoms with Crippen molar-refractivity contribution < 1.29 is 69.0 Å². The first-order valence-electron chi connectivity index (χ1n) is 6.80. The molecule has 0 aromatic heterocycles. The summed E-state index contributed by atoms with van der Waals surface area (Å²) in [4.78, 5) is 10.9. The Morgan fingerprint density at radius 1 is 1.32 bits per heavy atom. The summed E-state index contributed by atoms with van der Waals surface area (Å²) in [5.41, 5.74) is 5.38. The normalized spacial score (nSPS) is 33.0. The molecular weight excluding hydrogens is 309 g/mol. The van der Waals surface area contributed by atoms with Gasteiger partial charge in [-0.05, 0) is 26.3 Å². The van der Waals surface area contributed by atoms with Gasteiger partial charge in [-0.3, -0.25) is 0 Å². The van der Waals surface area contributed by atoms with Gasteiger partial charge >= 0.3 is 29.6 Å². The summed E-state index contributed by atoms with van der Waals surface area (Å²) >= 11 is 0. The average molecular weight is 331 g/mol. The van der Waals surface area contributed by atoms with Crippen LogP contribution in [0.3, 0.4) is 0 Å². The summed E-state index contributed by atoms with van der Waals surface area (Å²) in [6.07, 6.45) is -8.19. The van der Waals surface area contributed by atoms with Crippen LogP contribution in [0.5, 0.6) is 0 Å². The Kier molecular flexibility index (Phi) is 11.0. The van der Waals surface area contributed by atoms with Crippen LogP contribution in [0.25, 0.3) is 0 Å². The van der Waals surface area contributed by atoms with Crippen LogP contribution < -0.4 is 40.4 Å². The van der Waals surface area contributed by atoms with E-state index in [1.54, 1.807) is 6.92 Å². The third-order valence-electron chi connectivity index (χ3n) is 3.08. The molecule has 5 N–H and O–H groups in total. The molecule has 1 aliphatic heterocycles. The summed E-state index contributed by atoms with van der Waals surface area (Å²) < 4.78 is 15.6. The summed E-state index contributed by atoms with van der Waals surface area (Å²) in [6.45, 7) is 2.47. The standard InChI is InChI=1S/C12H23NO8.Na/c1-2-19-6(4-3-5-13)20-12-9(16)7(14)8(15)10(21-12)11(17)18;/h6-10,12,14-16H,2-5,13H2,1H3,(H,17,18);/q;+1/p-1/t6?,7-,8-,9+,10-,12+;/m0./s1. The molecule has 6 atom stereocenters. The largest absolute Gasteiger partial charge is 1.00 e. The third kappa shape index (κ3) is 6.00. The van der Waals surface area contributed by atoms with Crippen molar-refractivity contribution in [1.82, 2.24) is 0 Å². The Bertz CT molecular complexity index is 334. The number of hydrogen-bond donors (Lipinski definition) is 4. The van der Waals surface area contributed by atoms with E-state index in [-0.39, 0.29) is 29.6 Å². The van der Waals surface area contributed by atoms with Gasteiger partial charge in [-0.25, -0.2) is 0 Å². The van der Waals surface area contributed by atoms with Crippen molar-refractivity contribution in [3.63, 3.8) is 0 Å². The van der Waals surface area contributed by atoms with Crippen molar-refractivity contribution in [2.24, 2.45) is 5.73 Å². The maximum absolute atomic E-state index is 10.9. The topological polar surface area (TPSA) is 155 Å². The van der Waals surface area contributed by atoms with E-state index in [1.165, 1.54) is 0 Å². The molecule has 0 aliphatic carbocycles. The van der Waals surface area contributed by atoms with Crippen molar-refractivity contribution in [2.45, 2.75) is 56.8 Å². The Hall–Kier alpha value is 0.190. The minimum atomic E-state index is -1.81.